The van der Waals surface area contributed by atoms with Crippen LogP contribution in [0.2, 0.25) is 0 Å². The number of fused-ring (bicyclic) bond motifs is 1. The summed E-state index contributed by atoms with van der Waals surface area (Å²) < 4.78 is 5.90. The normalized spacial score (nSPS) is 16.9. The highest BCUT2D eigenvalue weighted by atomic mass is 16.5. The van der Waals surface area contributed by atoms with Crippen LogP contribution in [0.1, 0.15) is 49.3 Å². The lowest BCUT2D eigenvalue weighted by Gasteiger charge is -2.18. The van der Waals surface area contributed by atoms with Gasteiger partial charge >= 0.3 is 5.97 Å². The van der Waals surface area contributed by atoms with Gasteiger partial charge in [-0.05, 0) is 42.4 Å². The van der Waals surface area contributed by atoms with E-state index in [1.165, 1.54) is 6.08 Å². The van der Waals surface area contributed by atoms with E-state index in [9.17, 15) is 4.79 Å². The molecule has 2 rings (SSSR count). The molecule has 1 heterocycles. The van der Waals surface area contributed by atoms with E-state index in [1.54, 1.807) is 0 Å². The van der Waals surface area contributed by atoms with E-state index in [1.807, 2.05) is 6.92 Å². The van der Waals surface area contributed by atoms with Gasteiger partial charge in [0.25, 0.3) is 0 Å². The molecular weight excluding hydrogens is 240 g/mol. The number of benzene rings is 1. The fraction of sp³-hybridized carbons (Fsp3) is 0.438. The van der Waals surface area contributed by atoms with Crippen LogP contribution in [-0.4, -0.2) is 17.7 Å². The highest BCUT2D eigenvalue weighted by molar-refractivity contribution is 5.92. The number of rotatable bonds is 2. The standard InChI is InChI=1S/C16H20O3/c1-10(2)13-7-6-11(3)15-12(9-14(17)18)5-4-8-19-16(13)15/h6-7,9-10H,4-5,8H2,1-3H3,(H,17,18)/b12-9+. The summed E-state index contributed by atoms with van der Waals surface area (Å²) in [6, 6.07) is 4.14. The van der Waals surface area contributed by atoms with E-state index < -0.39 is 5.97 Å². The lowest BCUT2D eigenvalue weighted by Crippen LogP contribution is -2.02. The predicted octanol–water partition coefficient (Wildman–Crippen LogP) is 3.76. The summed E-state index contributed by atoms with van der Waals surface area (Å²) in [7, 11) is 0. The predicted molar refractivity (Wildman–Crippen MR) is 75.6 cm³/mol. The number of aliphatic carboxylic acids is 1. The molecule has 0 atom stereocenters. The van der Waals surface area contributed by atoms with Crippen molar-refractivity contribution in [3.05, 3.63) is 34.9 Å². The van der Waals surface area contributed by atoms with Crippen molar-refractivity contribution < 1.29 is 14.6 Å². The molecule has 1 aromatic carbocycles. The quantitative estimate of drug-likeness (QED) is 0.823. The molecule has 19 heavy (non-hydrogen) atoms. The summed E-state index contributed by atoms with van der Waals surface area (Å²) in [5.74, 6) is 0.343. The van der Waals surface area contributed by atoms with Gasteiger partial charge < -0.3 is 9.84 Å². The average molecular weight is 260 g/mol. The van der Waals surface area contributed by atoms with Crippen LogP contribution in [0.5, 0.6) is 5.75 Å². The zero-order valence-corrected chi connectivity index (χ0v) is 11.7. The molecule has 1 aliphatic heterocycles. The second kappa shape index (κ2) is 5.47. The van der Waals surface area contributed by atoms with Crippen LogP contribution in [0, 0.1) is 6.92 Å². The van der Waals surface area contributed by atoms with Crippen molar-refractivity contribution in [2.75, 3.05) is 6.61 Å². The van der Waals surface area contributed by atoms with Gasteiger partial charge in [-0.2, -0.15) is 0 Å². The summed E-state index contributed by atoms with van der Waals surface area (Å²) in [6.07, 6.45) is 2.93. The van der Waals surface area contributed by atoms with Crippen LogP contribution in [0.15, 0.2) is 18.2 Å². The van der Waals surface area contributed by atoms with Crippen molar-refractivity contribution >= 4 is 11.5 Å². The highest BCUT2D eigenvalue weighted by Gasteiger charge is 2.21. The summed E-state index contributed by atoms with van der Waals surface area (Å²) in [4.78, 5) is 11.0. The van der Waals surface area contributed by atoms with Crippen molar-refractivity contribution in [1.29, 1.82) is 0 Å². The van der Waals surface area contributed by atoms with Crippen molar-refractivity contribution in [3.63, 3.8) is 0 Å². The summed E-state index contributed by atoms with van der Waals surface area (Å²) in [6.45, 7) is 6.90. The third-order valence-electron chi connectivity index (χ3n) is 3.47. The van der Waals surface area contributed by atoms with Crippen LogP contribution in [-0.2, 0) is 4.79 Å². The van der Waals surface area contributed by atoms with Gasteiger partial charge in [0.2, 0.25) is 0 Å². The molecule has 0 radical (unpaired) electrons. The van der Waals surface area contributed by atoms with Gasteiger partial charge in [-0.25, -0.2) is 4.79 Å². The molecule has 3 heteroatoms. The maximum Gasteiger partial charge on any atom is 0.328 e. The maximum atomic E-state index is 11.0. The first-order chi connectivity index (χ1) is 9.00. The molecule has 0 aromatic heterocycles. The topological polar surface area (TPSA) is 46.5 Å². The molecule has 1 aromatic rings. The van der Waals surface area contributed by atoms with Gasteiger partial charge in [0.1, 0.15) is 5.75 Å². The van der Waals surface area contributed by atoms with E-state index in [4.69, 9.17) is 9.84 Å². The summed E-state index contributed by atoms with van der Waals surface area (Å²) >= 11 is 0. The molecule has 0 saturated carbocycles. The molecule has 0 unspecified atom stereocenters. The first-order valence-corrected chi connectivity index (χ1v) is 6.71. The fourth-order valence-corrected chi connectivity index (χ4v) is 2.56. The van der Waals surface area contributed by atoms with Crippen LogP contribution in [0.25, 0.3) is 5.57 Å². The molecule has 0 spiro atoms. The Morgan fingerprint density at radius 1 is 1.42 bits per heavy atom. The Kier molecular flexibility index (Phi) is 3.93. The first-order valence-electron chi connectivity index (χ1n) is 6.71. The monoisotopic (exact) mass is 260 g/mol. The number of hydrogen-bond acceptors (Lipinski definition) is 2. The molecular formula is C16H20O3. The van der Waals surface area contributed by atoms with Gasteiger partial charge in [-0.3, -0.25) is 0 Å². The molecule has 0 saturated heterocycles. The lowest BCUT2D eigenvalue weighted by molar-refractivity contribution is -0.131. The minimum absolute atomic E-state index is 0.360. The molecule has 0 bridgehead atoms. The SMILES string of the molecule is Cc1ccc(C(C)C)c2c1/C(=C/C(=O)O)CCCO2. The number of ether oxygens (including phenoxy) is 1. The third kappa shape index (κ3) is 2.80. The van der Waals surface area contributed by atoms with Crippen LogP contribution >= 0.6 is 0 Å². The van der Waals surface area contributed by atoms with Gasteiger partial charge in [0.05, 0.1) is 6.61 Å². The van der Waals surface area contributed by atoms with Gasteiger partial charge in [-0.15, -0.1) is 0 Å². The number of hydrogen-bond donors (Lipinski definition) is 1. The zero-order valence-electron chi connectivity index (χ0n) is 11.7. The van der Waals surface area contributed by atoms with Crippen LogP contribution in [0.4, 0.5) is 0 Å². The maximum absolute atomic E-state index is 11.0. The van der Waals surface area contributed by atoms with E-state index in [-0.39, 0.29) is 0 Å². The minimum Gasteiger partial charge on any atom is -0.493 e. The lowest BCUT2D eigenvalue weighted by atomic mass is 9.91. The first kappa shape index (κ1) is 13.7. The Labute approximate surface area is 113 Å². The minimum atomic E-state index is -0.891. The molecule has 102 valence electrons. The number of carboxylic acid groups (broad SMARTS) is 1. The van der Waals surface area contributed by atoms with E-state index in [0.717, 1.165) is 40.9 Å². The van der Waals surface area contributed by atoms with Gasteiger partial charge in [0, 0.05) is 11.6 Å². The number of allylic oxidation sites excluding steroid dienone is 1. The number of aryl methyl sites for hydroxylation is 1. The second-order valence-corrected chi connectivity index (χ2v) is 5.29. The Bertz CT molecular complexity index is 527. The second-order valence-electron chi connectivity index (χ2n) is 5.29. The Morgan fingerprint density at radius 2 is 2.16 bits per heavy atom. The highest BCUT2D eigenvalue weighted by Crippen LogP contribution is 2.40. The van der Waals surface area contributed by atoms with Gasteiger partial charge in [0.15, 0.2) is 0 Å². The Balaban J connectivity index is 2.66. The van der Waals surface area contributed by atoms with Crippen molar-refractivity contribution in [2.24, 2.45) is 0 Å². The van der Waals surface area contributed by atoms with E-state index in [2.05, 4.69) is 26.0 Å². The van der Waals surface area contributed by atoms with Crippen molar-refractivity contribution in [1.82, 2.24) is 0 Å². The molecule has 0 amide bonds. The average Bonchev–Trinajstić information content (AvgIpc) is 2.52. The number of carbonyl (C=O) groups is 1. The number of carboxylic acids is 1. The molecule has 3 nitrogen and oxygen atoms in total. The van der Waals surface area contributed by atoms with Crippen molar-refractivity contribution in [3.8, 4) is 5.75 Å². The Hall–Kier alpha value is -1.77. The smallest absolute Gasteiger partial charge is 0.328 e. The largest absolute Gasteiger partial charge is 0.493 e. The molecule has 1 N–H and O–H groups in total. The fourth-order valence-electron chi connectivity index (χ4n) is 2.56. The third-order valence-corrected chi connectivity index (χ3v) is 3.47. The molecule has 0 fully saturated rings. The Morgan fingerprint density at radius 3 is 2.79 bits per heavy atom. The zero-order chi connectivity index (χ0) is 14.0. The summed E-state index contributed by atoms with van der Waals surface area (Å²) in [5.41, 5.74) is 4.08. The summed E-state index contributed by atoms with van der Waals surface area (Å²) in [5, 5.41) is 9.04. The van der Waals surface area contributed by atoms with Crippen LogP contribution in [0.3, 0.4) is 0 Å². The van der Waals surface area contributed by atoms with Crippen LogP contribution < -0.4 is 4.74 Å². The van der Waals surface area contributed by atoms with Crippen molar-refractivity contribution in [2.45, 2.75) is 39.5 Å². The van der Waals surface area contributed by atoms with E-state index in [0.29, 0.717) is 12.5 Å². The van der Waals surface area contributed by atoms with E-state index >= 15 is 0 Å². The molecule has 1 aliphatic rings. The molecule has 0 aliphatic carbocycles. The van der Waals surface area contributed by atoms with Gasteiger partial charge in [-0.1, -0.05) is 26.0 Å².